The minimum Gasteiger partial charge on any atom is -0.484 e. The van der Waals surface area contributed by atoms with E-state index in [4.69, 9.17) is 16.3 Å². The molecule has 2 aromatic heterocycles. The number of hydrogen-bond acceptors (Lipinski definition) is 6. The Morgan fingerprint density at radius 3 is 2.83 bits per heavy atom. The minimum atomic E-state index is -3.27. The van der Waals surface area contributed by atoms with E-state index in [1.807, 2.05) is 4.57 Å². The highest BCUT2D eigenvalue weighted by Crippen LogP contribution is 2.26. The zero-order valence-corrected chi connectivity index (χ0v) is 14.3. The number of fused-ring (bicyclic) bond motifs is 1. The largest absolute Gasteiger partial charge is 0.484 e. The van der Waals surface area contributed by atoms with Crippen LogP contribution in [0.5, 0.6) is 5.75 Å². The second-order valence-electron chi connectivity index (χ2n) is 5.30. The highest BCUT2D eigenvalue weighted by atomic mass is 35.5. The predicted octanol–water partition coefficient (Wildman–Crippen LogP) is 1.24. The lowest BCUT2D eigenvalue weighted by Gasteiger charge is -2.31. The van der Waals surface area contributed by atoms with E-state index < -0.39 is 10.0 Å². The molecule has 0 fully saturated rings. The molecule has 1 aliphatic rings. The first kappa shape index (κ1) is 16.2. The summed E-state index contributed by atoms with van der Waals surface area (Å²) in [5, 5.41) is 8.72. The van der Waals surface area contributed by atoms with Crippen molar-refractivity contribution in [3.8, 4) is 5.75 Å². The van der Waals surface area contributed by atoms with Crippen molar-refractivity contribution in [1.82, 2.24) is 24.1 Å². The van der Waals surface area contributed by atoms with Gasteiger partial charge in [-0.25, -0.2) is 8.42 Å². The van der Waals surface area contributed by atoms with Crippen molar-refractivity contribution in [1.29, 1.82) is 0 Å². The summed E-state index contributed by atoms with van der Waals surface area (Å²) in [5.41, 5.74) is 0. The lowest BCUT2D eigenvalue weighted by Crippen LogP contribution is -2.41. The molecule has 0 aromatic carbocycles. The molecule has 3 rings (SSSR count). The summed E-state index contributed by atoms with van der Waals surface area (Å²) >= 11 is 5.86. The summed E-state index contributed by atoms with van der Waals surface area (Å²) in [5.74, 6) is 1.79. The van der Waals surface area contributed by atoms with E-state index in [1.165, 1.54) is 16.8 Å². The molecule has 10 heteroatoms. The number of sulfonamides is 1. The number of pyridine rings is 1. The maximum Gasteiger partial charge on any atom is 0.211 e. The molecule has 3 heterocycles. The first-order chi connectivity index (χ1) is 10.9. The number of nitrogens with zero attached hydrogens (tertiary/aromatic N) is 5. The fourth-order valence-electron chi connectivity index (χ4n) is 2.60. The molecule has 0 saturated carbocycles. The smallest absolute Gasteiger partial charge is 0.211 e. The third-order valence-electron chi connectivity index (χ3n) is 3.68. The van der Waals surface area contributed by atoms with Gasteiger partial charge in [0.25, 0.3) is 0 Å². The first-order valence-electron chi connectivity index (χ1n) is 6.98. The van der Waals surface area contributed by atoms with Crippen LogP contribution < -0.4 is 4.74 Å². The van der Waals surface area contributed by atoms with Gasteiger partial charge in [-0.05, 0) is 6.92 Å². The van der Waals surface area contributed by atoms with Crippen LogP contribution in [0.15, 0.2) is 18.5 Å². The molecule has 0 aliphatic carbocycles. The summed E-state index contributed by atoms with van der Waals surface area (Å²) in [7, 11) is -3.27. The number of hydrogen-bond donors (Lipinski definition) is 0. The summed E-state index contributed by atoms with van der Waals surface area (Å²) in [4.78, 5) is 3.95. The monoisotopic (exact) mass is 357 g/mol. The quantitative estimate of drug-likeness (QED) is 0.817. The molecule has 23 heavy (non-hydrogen) atoms. The van der Waals surface area contributed by atoms with Crippen LogP contribution in [0.1, 0.15) is 24.6 Å². The number of rotatable bonds is 4. The van der Waals surface area contributed by atoms with Crippen molar-refractivity contribution in [2.24, 2.45) is 0 Å². The highest BCUT2D eigenvalue weighted by molar-refractivity contribution is 7.88. The van der Waals surface area contributed by atoms with Crippen molar-refractivity contribution in [3.63, 3.8) is 0 Å². The molecule has 0 saturated heterocycles. The molecule has 0 bridgehead atoms. The SMILES string of the molecule is CC1c2nnc(COc3cncc(Cl)c3)n2CCN1S(C)(=O)=O. The molecular formula is C13H16ClN5O3S. The van der Waals surface area contributed by atoms with Gasteiger partial charge in [-0.3, -0.25) is 4.98 Å². The molecule has 1 aliphatic heterocycles. The number of aromatic nitrogens is 4. The van der Waals surface area contributed by atoms with Crippen molar-refractivity contribution >= 4 is 21.6 Å². The third-order valence-corrected chi connectivity index (χ3v) is 5.24. The summed E-state index contributed by atoms with van der Waals surface area (Å²) < 4.78 is 32.5. The highest BCUT2D eigenvalue weighted by Gasteiger charge is 2.33. The van der Waals surface area contributed by atoms with Crippen molar-refractivity contribution in [2.45, 2.75) is 26.1 Å². The van der Waals surface area contributed by atoms with Crippen molar-refractivity contribution in [2.75, 3.05) is 12.8 Å². The Balaban J connectivity index is 1.78. The Morgan fingerprint density at radius 2 is 2.13 bits per heavy atom. The second kappa shape index (κ2) is 6.06. The van der Waals surface area contributed by atoms with Crippen molar-refractivity contribution < 1.29 is 13.2 Å². The van der Waals surface area contributed by atoms with Crippen LogP contribution in [0.2, 0.25) is 5.02 Å². The maximum absolute atomic E-state index is 11.8. The van der Waals surface area contributed by atoms with Gasteiger partial charge >= 0.3 is 0 Å². The van der Waals surface area contributed by atoms with E-state index in [0.29, 0.717) is 35.5 Å². The number of halogens is 1. The molecule has 0 spiro atoms. The predicted molar refractivity (Wildman–Crippen MR) is 83.6 cm³/mol. The molecule has 0 N–H and O–H groups in total. The summed E-state index contributed by atoms with van der Waals surface area (Å²) in [6.45, 7) is 2.88. The van der Waals surface area contributed by atoms with Crippen LogP contribution in [0.3, 0.4) is 0 Å². The second-order valence-corrected chi connectivity index (χ2v) is 7.67. The Bertz CT molecular complexity index is 823. The maximum atomic E-state index is 11.8. The Morgan fingerprint density at radius 1 is 1.35 bits per heavy atom. The van der Waals surface area contributed by atoms with E-state index in [-0.39, 0.29) is 12.6 Å². The molecule has 1 atom stereocenters. The molecule has 0 radical (unpaired) electrons. The molecule has 8 nitrogen and oxygen atoms in total. The van der Waals surface area contributed by atoms with E-state index in [0.717, 1.165) is 0 Å². The fourth-order valence-corrected chi connectivity index (χ4v) is 3.85. The molecule has 124 valence electrons. The lowest BCUT2D eigenvalue weighted by molar-refractivity contribution is 0.255. The Labute approximate surface area is 139 Å². The fraction of sp³-hybridized carbons (Fsp3) is 0.462. The van der Waals surface area contributed by atoms with Crippen LogP contribution in [0.25, 0.3) is 0 Å². The standard InChI is InChI=1S/C13H16ClN5O3S/c1-9-13-17-16-12(8-22-11-5-10(14)6-15-7-11)18(13)3-4-19(9)23(2,20)21/h5-7,9H,3-4,8H2,1-2H3. The molecule has 2 aromatic rings. The zero-order valence-electron chi connectivity index (χ0n) is 12.7. The Kier molecular flexibility index (Phi) is 4.26. The first-order valence-corrected chi connectivity index (χ1v) is 9.21. The summed E-state index contributed by atoms with van der Waals surface area (Å²) in [6.07, 6.45) is 4.29. The van der Waals surface area contributed by atoms with Gasteiger partial charge in [-0.1, -0.05) is 11.6 Å². The van der Waals surface area contributed by atoms with Gasteiger partial charge in [-0.15, -0.1) is 10.2 Å². The normalized spacial score (nSPS) is 18.7. The van der Waals surface area contributed by atoms with Crippen LogP contribution in [0.4, 0.5) is 0 Å². The molecule has 0 amide bonds. The van der Waals surface area contributed by atoms with Crippen molar-refractivity contribution in [3.05, 3.63) is 35.1 Å². The van der Waals surface area contributed by atoms with Gasteiger partial charge in [0.2, 0.25) is 10.0 Å². The minimum absolute atomic E-state index is 0.209. The third kappa shape index (κ3) is 3.31. The lowest BCUT2D eigenvalue weighted by atomic mass is 10.2. The average Bonchev–Trinajstić information content (AvgIpc) is 2.88. The average molecular weight is 358 g/mol. The van der Waals surface area contributed by atoms with Crippen LogP contribution in [0, 0.1) is 0 Å². The van der Waals surface area contributed by atoms with E-state index in [9.17, 15) is 8.42 Å². The van der Waals surface area contributed by atoms with E-state index >= 15 is 0 Å². The summed E-state index contributed by atoms with van der Waals surface area (Å²) in [6, 6.07) is 1.31. The zero-order chi connectivity index (χ0) is 16.6. The molecule has 1 unspecified atom stereocenters. The Hall–Kier alpha value is -1.71. The topological polar surface area (TPSA) is 90.2 Å². The van der Waals surface area contributed by atoms with Gasteiger partial charge in [0.1, 0.15) is 12.4 Å². The van der Waals surface area contributed by atoms with Crippen LogP contribution in [-0.4, -0.2) is 45.3 Å². The van der Waals surface area contributed by atoms with E-state index in [2.05, 4.69) is 15.2 Å². The van der Waals surface area contributed by atoms with Crippen LogP contribution >= 0.6 is 11.6 Å². The van der Waals surface area contributed by atoms with Gasteiger partial charge in [0.15, 0.2) is 11.6 Å². The van der Waals surface area contributed by atoms with Crippen LogP contribution in [-0.2, 0) is 23.2 Å². The number of ether oxygens (including phenoxy) is 1. The molecular weight excluding hydrogens is 342 g/mol. The van der Waals surface area contributed by atoms with Gasteiger partial charge in [-0.2, -0.15) is 4.31 Å². The van der Waals surface area contributed by atoms with Gasteiger partial charge in [0, 0.05) is 25.4 Å². The van der Waals surface area contributed by atoms with E-state index in [1.54, 1.807) is 19.2 Å². The van der Waals surface area contributed by atoms with Gasteiger partial charge < -0.3 is 9.30 Å². The van der Waals surface area contributed by atoms with Gasteiger partial charge in [0.05, 0.1) is 23.5 Å².